The maximum Gasteiger partial charge on any atom is 0.157 e. The topological polar surface area (TPSA) is 29.1 Å². The maximum absolute atomic E-state index is 11.2. The highest BCUT2D eigenvalue weighted by molar-refractivity contribution is 5.89. The molecule has 0 fully saturated rings. The number of ketones is 1. The molecule has 0 radical (unpaired) electrons. The van der Waals surface area contributed by atoms with Gasteiger partial charge in [-0.25, -0.2) is 0 Å². The van der Waals surface area contributed by atoms with Crippen molar-refractivity contribution in [1.29, 1.82) is 0 Å². The summed E-state index contributed by atoms with van der Waals surface area (Å²) < 4.78 is 0. The van der Waals surface area contributed by atoms with Crippen molar-refractivity contribution in [2.45, 2.75) is 53.0 Å². The largest absolute Gasteiger partial charge is 0.384 e. The molecule has 0 aliphatic heterocycles. The van der Waals surface area contributed by atoms with Crippen molar-refractivity contribution in [1.82, 2.24) is 5.32 Å². The van der Waals surface area contributed by atoms with E-state index in [1.54, 1.807) is 6.08 Å². The number of rotatable bonds is 4. The summed E-state index contributed by atoms with van der Waals surface area (Å²) in [5.41, 5.74) is 1.06. The molecule has 0 aliphatic carbocycles. The van der Waals surface area contributed by atoms with Gasteiger partial charge in [0.05, 0.1) is 0 Å². The van der Waals surface area contributed by atoms with E-state index < -0.39 is 0 Å². The minimum atomic E-state index is 0.0376. The van der Waals surface area contributed by atoms with E-state index in [1.165, 1.54) is 0 Å². The van der Waals surface area contributed by atoms with Crippen LogP contribution in [-0.2, 0) is 4.79 Å². The Balaban J connectivity index is 4.34. The van der Waals surface area contributed by atoms with E-state index in [4.69, 9.17) is 0 Å². The minimum Gasteiger partial charge on any atom is -0.384 e. The molecule has 0 unspecified atom stereocenters. The summed E-state index contributed by atoms with van der Waals surface area (Å²) in [5.74, 6) is 0.189. The average Bonchev–Trinajstić information content (AvgIpc) is 2.00. The van der Waals surface area contributed by atoms with E-state index in [2.05, 4.69) is 26.1 Å². The molecule has 13 heavy (non-hydrogen) atoms. The van der Waals surface area contributed by atoms with E-state index in [9.17, 15) is 4.79 Å². The van der Waals surface area contributed by atoms with Crippen LogP contribution in [-0.4, -0.2) is 11.3 Å². The fraction of sp³-hybridized carbons (Fsp3) is 0.727. The summed E-state index contributed by atoms with van der Waals surface area (Å²) in [6.45, 7) is 10.2. The number of nitrogens with one attached hydrogen (secondary N) is 1. The van der Waals surface area contributed by atoms with Crippen molar-refractivity contribution < 1.29 is 4.79 Å². The van der Waals surface area contributed by atoms with Gasteiger partial charge in [0.15, 0.2) is 5.78 Å². The Morgan fingerprint density at radius 3 is 2.08 bits per heavy atom. The third-order valence-corrected chi connectivity index (χ3v) is 1.60. The second kappa shape index (κ2) is 5.05. The summed E-state index contributed by atoms with van der Waals surface area (Å²) in [7, 11) is 0. The van der Waals surface area contributed by atoms with Crippen molar-refractivity contribution in [2.24, 2.45) is 0 Å². The van der Waals surface area contributed by atoms with Crippen LogP contribution in [0.5, 0.6) is 0 Å². The lowest BCUT2D eigenvalue weighted by Gasteiger charge is -2.23. The van der Waals surface area contributed by atoms with Gasteiger partial charge in [-0.15, -0.1) is 0 Å². The summed E-state index contributed by atoms with van der Waals surface area (Å²) in [6.07, 6.45) is 3.17. The van der Waals surface area contributed by atoms with Crippen LogP contribution < -0.4 is 5.32 Å². The predicted octanol–water partition coefficient (Wildman–Crippen LogP) is 2.65. The molecule has 0 amide bonds. The molecule has 0 aromatic carbocycles. The first-order valence-electron chi connectivity index (χ1n) is 4.90. The Kier molecular flexibility index (Phi) is 4.74. The van der Waals surface area contributed by atoms with Crippen LogP contribution >= 0.6 is 0 Å². The summed E-state index contributed by atoms with van der Waals surface area (Å²) in [5, 5.41) is 3.31. The third-order valence-electron chi connectivity index (χ3n) is 1.60. The molecule has 0 spiro atoms. The molecule has 0 aromatic rings. The van der Waals surface area contributed by atoms with Gasteiger partial charge in [0.1, 0.15) is 0 Å². The highest BCUT2D eigenvalue weighted by Crippen LogP contribution is 2.06. The van der Waals surface area contributed by atoms with Crippen LogP contribution in [0, 0.1) is 0 Å². The average molecular weight is 183 g/mol. The minimum absolute atomic E-state index is 0.0376. The van der Waals surface area contributed by atoms with E-state index >= 15 is 0 Å². The Hall–Kier alpha value is -0.790. The van der Waals surface area contributed by atoms with Crippen LogP contribution in [0.3, 0.4) is 0 Å². The van der Waals surface area contributed by atoms with Crippen molar-refractivity contribution >= 4 is 5.78 Å². The molecule has 0 saturated carbocycles. The molecule has 0 aromatic heterocycles. The van der Waals surface area contributed by atoms with Crippen molar-refractivity contribution in [2.75, 3.05) is 0 Å². The zero-order valence-corrected chi connectivity index (χ0v) is 9.40. The van der Waals surface area contributed by atoms with Crippen LogP contribution in [0.15, 0.2) is 11.8 Å². The van der Waals surface area contributed by atoms with E-state index in [-0.39, 0.29) is 11.3 Å². The van der Waals surface area contributed by atoms with Gasteiger partial charge in [-0.3, -0.25) is 4.79 Å². The van der Waals surface area contributed by atoms with E-state index in [1.807, 2.05) is 13.8 Å². The molecule has 2 nitrogen and oxygen atoms in total. The molecule has 0 atom stereocenters. The van der Waals surface area contributed by atoms with Gasteiger partial charge in [-0.2, -0.15) is 0 Å². The molecule has 76 valence electrons. The highest BCUT2D eigenvalue weighted by atomic mass is 16.1. The van der Waals surface area contributed by atoms with Crippen LogP contribution in [0.4, 0.5) is 0 Å². The zero-order valence-electron chi connectivity index (χ0n) is 9.40. The molecule has 0 heterocycles. The third kappa shape index (κ3) is 6.38. The van der Waals surface area contributed by atoms with Crippen molar-refractivity contribution in [3.8, 4) is 0 Å². The molecule has 2 heteroatoms. The zero-order chi connectivity index (χ0) is 10.5. The number of hydrogen-bond acceptors (Lipinski definition) is 2. The second-order valence-electron chi connectivity index (χ2n) is 4.22. The van der Waals surface area contributed by atoms with Gasteiger partial charge in [-0.05, 0) is 27.2 Å². The SMILES string of the molecule is CCC(=O)/C=C(/CC)NC(C)(C)C. The smallest absolute Gasteiger partial charge is 0.157 e. The predicted molar refractivity (Wildman–Crippen MR) is 56.6 cm³/mol. The second-order valence-corrected chi connectivity index (χ2v) is 4.22. The van der Waals surface area contributed by atoms with Gasteiger partial charge in [0.25, 0.3) is 0 Å². The van der Waals surface area contributed by atoms with Gasteiger partial charge < -0.3 is 5.32 Å². The first kappa shape index (κ1) is 12.2. The van der Waals surface area contributed by atoms with Gasteiger partial charge >= 0.3 is 0 Å². The Bertz CT molecular complexity index is 199. The Morgan fingerprint density at radius 2 is 1.77 bits per heavy atom. The van der Waals surface area contributed by atoms with E-state index in [0.717, 1.165) is 12.1 Å². The Morgan fingerprint density at radius 1 is 1.23 bits per heavy atom. The standard InChI is InChI=1S/C11H21NO/c1-6-9(8-10(13)7-2)12-11(3,4)5/h8,12H,6-7H2,1-5H3/b9-8-. The van der Waals surface area contributed by atoms with Gasteiger partial charge in [0.2, 0.25) is 0 Å². The van der Waals surface area contributed by atoms with Crippen LogP contribution in [0.25, 0.3) is 0 Å². The molecular weight excluding hydrogens is 162 g/mol. The van der Waals surface area contributed by atoms with Crippen molar-refractivity contribution in [3.05, 3.63) is 11.8 Å². The number of hydrogen-bond donors (Lipinski definition) is 1. The lowest BCUT2D eigenvalue weighted by Crippen LogP contribution is -2.35. The molecular formula is C11H21NO. The molecule has 0 saturated heterocycles. The van der Waals surface area contributed by atoms with Crippen LogP contribution in [0.1, 0.15) is 47.5 Å². The highest BCUT2D eigenvalue weighted by Gasteiger charge is 2.10. The van der Waals surface area contributed by atoms with Crippen LogP contribution in [0.2, 0.25) is 0 Å². The first-order chi connectivity index (χ1) is 5.89. The Labute approximate surface area is 81.4 Å². The fourth-order valence-corrected chi connectivity index (χ4v) is 1.00. The maximum atomic E-state index is 11.2. The lowest BCUT2D eigenvalue weighted by atomic mass is 10.1. The fourth-order valence-electron chi connectivity index (χ4n) is 1.00. The summed E-state index contributed by atoms with van der Waals surface area (Å²) in [6, 6.07) is 0. The lowest BCUT2D eigenvalue weighted by molar-refractivity contribution is -0.114. The van der Waals surface area contributed by atoms with Gasteiger partial charge in [-0.1, -0.05) is 13.8 Å². The molecule has 0 bridgehead atoms. The molecule has 0 aliphatic rings. The summed E-state index contributed by atoms with van der Waals surface area (Å²) in [4.78, 5) is 11.2. The number of carbonyl (C=O) groups is 1. The molecule has 0 rings (SSSR count). The quantitative estimate of drug-likeness (QED) is 0.679. The normalized spacial score (nSPS) is 12.8. The number of carbonyl (C=O) groups excluding carboxylic acids is 1. The monoisotopic (exact) mass is 183 g/mol. The van der Waals surface area contributed by atoms with E-state index in [0.29, 0.717) is 6.42 Å². The summed E-state index contributed by atoms with van der Waals surface area (Å²) >= 11 is 0. The molecule has 1 N–H and O–H groups in total. The van der Waals surface area contributed by atoms with Crippen molar-refractivity contribution in [3.63, 3.8) is 0 Å². The van der Waals surface area contributed by atoms with Gasteiger partial charge in [0, 0.05) is 23.7 Å². The first-order valence-corrected chi connectivity index (χ1v) is 4.90. The number of allylic oxidation sites excluding steroid dienone is 2.